The molecule has 1 amide bonds. The standard InChI is InChI=1S/C5H5N3O.H2O/c6-5(9)4-3-7-1-2-8-4;/h1-3H,(H2,6,9);1H2. The van der Waals surface area contributed by atoms with Crippen LogP contribution in [0.25, 0.3) is 0 Å². The second kappa shape index (κ2) is 3.52. The molecular weight excluding hydrogens is 134 g/mol. The molecule has 54 valence electrons. The van der Waals surface area contributed by atoms with Crippen LogP contribution in [0.1, 0.15) is 10.5 Å². The molecule has 0 radical (unpaired) electrons. The first-order chi connectivity index (χ1) is 4.30. The number of nitrogens with zero attached hydrogens (tertiary/aromatic N) is 2. The van der Waals surface area contributed by atoms with Crippen molar-refractivity contribution in [3.05, 3.63) is 24.3 Å². The Morgan fingerprint density at radius 1 is 1.50 bits per heavy atom. The summed E-state index contributed by atoms with van der Waals surface area (Å²) in [6.07, 6.45) is 4.22. The molecule has 1 rings (SSSR count). The van der Waals surface area contributed by atoms with E-state index in [4.69, 9.17) is 5.73 Å². The molecule has 0 aliphatic heterocycles. The van der Waals surface area contributed by atoms with E-state index in [1.54, 1.807) is 0 Å². The van der Waals surface area contributed by atoms with Gasteiger partial charge in [-0.15, -0.1) is 0 Å². The highest BCUT2D eigenvalue weighted by Crippen LogP contribution is 1.84. The van der Waals surface area contributed by atoms with E-state index < -0.39 is 5.91 Å². The van der Waals surface area contributed by atoms with E-state index in [2.05, 4.69) is 9.97 Å². The first-order valence-corrected chi connectivity index (χ1v) is 2.36. The van der Waals surface area contributed by atoms with Gasteiger partial charge >= 0.3 is 0 Å². The Labute approximate surface area is 57.2 Å². The van der Waals surface area contributed by atoms with Crippen LogP contribution in [0.5, 0.6) is 0 Å². The Hall–Kier alpha value is -1.49. The maximum atomic E-state index is 10.3. The van der Waals surface area contributed by atoms with Crippen molar-refractivity contribution in [2.75, 3.05) is 0 Å². The van der Waals surface area contributed by atoms with Crippen LogP contribution in [0.3, 0.4) is 0 Å². The molecule has 10 heavy (non-hydrogen) atoms. The van der Waals surface area contributed by atoms with Crippen molar-refractivity contribution in [1.29, 1.82) is 0 Å². The summed E-state index contributed by atoms with van der Waals surface area (Å²) in [6.45, 7) is 0. The monoisotopic (exact) mass is 141 g/mol. The molecular formula is C5H7N3O2. The van der Waals surface area contributed by atoms with Crippen LogP contribution in [0.4, 0.5) is 0 Å². The summed E-state index contributed by atoms with van der Waals surface area (Å²) in [6, 6.07) is 0. The Morgan fingerprint density at radius 3 is 2.50 bits per heavy atom. The molecule has 0 unspecified atom stereocenters. The predicted molar refractivity (Wildman–Crippen MR) is 34.2 cm³/mol. The Morgan fingerprint density at radius 2 is 2.20 bits per heavy atom. The number of hydrogen-bond acceptors (Lipinski definition) is 3. The number of amides is 1. The van der Waals surface area contributed by atoms with E-state index in [9.17, 15) is 4.79 Å². The first-order valence-electron chi connectivity index (χ1n) is 2.36. The highest BCUT2D eigenvalue weighted by molar-refractivity contribution is 5.90. The molecule has 4 N–H and O–H groups in total. The smallest absolute Gasteiger partial charge is 0.268 e. The molecule has 0 aromatic carbocycles. The van der Waals surface area contributed by atoms with Crippen molar-refractivity contribution in [2.45, 2.75) is 0 Å². The number of aromatic nitrogens is 2. The maximum absolute atomic E-state index is 10.3. The summed E-state index contributed by atoms with van der Waals surface area (Å²) in [7, 11) is 0. The minimum atomic E-state index is -0.553. The summed E-state index contributed by atoms with van der Waals surface area (Å²) < 4.78 is 0. The number of carbonyl (C=O) groups excluding carboxylic acids is 1. The van der Waals surface area contributed by atoms with Gasteiger partial charge in [-0.25, -0.2) is 4.98 Å². The molecule has 5 heteroatoms. The average molecular weight is 141 g/mol. The molecule has 0 spiro atoms. The van der Waals surface area contributed by atoms with Crippen LogP contribution in [0.15, 0.2) is 18.6 Å². The SMILES string of the molecule is NC(=O)c1cnccn1.O. The molecule has 0 saturated heterocycles. The van der Waals surface area contributed by atoms with Crippen LogP contribution in [-0.2, 0) is 0 Å². The summed E-state index contributed by atoms with van der Waals surface area (Å²) in [5, 5.41) is 0. The number of nitrogens with two attached hydrogens (primary N) is 1. The molecule has 0 atom stereocenters. The normalized spacial score (nSPS) is 8.00. The number of carbonyl (C=O) groups is 1. The molecule has 0 fully saturated rings. The second-order valence-corrected chi connectivity index (χ2v) is 1.45. The zero-order valence-electron chi connectivity index (χ0n) is 5.11. The van der Waals surface area contributed by atoms with Crippen LogP contribution in [0, 0.1) is 0 Å². The van der Waals surface area contributed by atoms with Gasteiger partial charge in [0.2, 0.25) is 0 Å². The van der Waals surface area contributed by atoms with Crippen molar-refractivity contribution in [2.24, 2.45) is 5.73 Å². The molecule has 5 nitrogen and oxygen atoms in total. The quantitative estimate of drug-likeness (QED) is 0.528. The first kappa shape index (κ1) is 8.51. The van der Waals surface area contributed by atoms with Crippen LogP contribution >= 0.6 is 0 Å². The largest absolute Gasteiger partial charge is 0.412 e. The van der Waals surface area contributed by atoms with Gasteiger partial charge in [-0.05, 0) is 0 Å². The van der Waals surface area contributed by atoms with E-state index in [0.717, 1.165) is 0 Å². The van der Waals surface area contributed by atoms with E-state index in [1.807, 2.05) is 0 Å². The van der Waals surface area contributed by atoms with Crippen molar-refractivity contribution >= 4 is 5.91 Å². The minimum Gasteiger partial charge on any atom is -0.412 e. The summed E-state index contributed by atoms with van der Waals surface area (Å²) in [4.78, 5) is 17.6. The van der Waals surface area contributed by atoms with E-state index in [-0.39, 0.29) is 11.2 Å². The molecule has 0 aliphatic carbocycles. The van der Waals surface area contributed by atoms with Crippen LogP contribution in [0.2, 0.25) is 0 Å². The fourth-order valence-corrected chi connectivity index (χ4v) is 0.426. The van der Waals surface area contributed by atoms with Crippen molar-refractivity contribution in [1.82, 2.24) is 9.97 Å². The highest BCUT2D eigenvalue weighted by Gasteiger charge is 1.97. The van der Waals surface area contributed by atoms with Crippen LogP contribution < -0.4 is 5.73 Å². The highest BCUT2D eigenvalue weighted by atomic mass is 16.1. The fourth-order valence-electron chi connectivity index (χ4n) is 0.426. The lowest BCUT2D eigenvalue weighted by molar-refractivity contribution is 0.0995. The van der Waals surface area contributed by atoms with Gasteiger partial charge in [-0.1, -0.05) is 0 Å². The third-order valence-electron chi connectivity index (χ3n) is 0.816. The summed E-state index contributed by atoms with van der Waals surface area (Å²) in [5.41, 5.74) is 5.06. The number of rotatable bonds is 1. The number of hydrogen-bond donors (Lipinski definition) is 1. The molecule has 1 heterocycles. The van der Waals surface area contributed by atoms with Gasteiger partial charge in [-0.3, -0.25) is 9.78 Å². The molecule has 1 aromatic rings. The lowest BCUT2D eigenvalue weighted by Crippen LogP contribution is -2.12. The third-order valence-corrected chi connectivity index (χ3v) is 0.816. The van der Waals surface area contributed by atoms with Gasteiger partial charge < -0.3 is 11.2 Å². The summed E-state index contributed by atoms with van der Waals surface area (Å²) >= 11 is 0. The predicted octanol–water partition coefficient (Wildman–Crippen LogP) is -1.25. The van der Waals surface area contributed by atoms with Crippen molar-refractivity contribution < 1.29 is 10.3 Å². The topological polar surface area (TPSA) is 100 Å². The van der Waals surface area contributed by atoms with Gasteiger partial charge in [0.05, 0.1) is 6.20 Å². The van der Waals surface area contributed by atoms with E-state index in [1.165, 1.54) is 18.6 Å². The Kier molecular flexibility index (Phi) is 2.99. The number of primary amides is 1. The molecule has 0 bridgehead atoms. The van der Waals surface area contributed by atoms with E-state index >= 15 is 0 Å². The average Bonchev–Trinajstić information content (AvgIpc) is 1.90. The Balaban J connectivity index is 0.000000810. The third kappa shape index (κ3) is 1.79. The Bertz CT molecular complexity index is 211. The van der Waals surface area contributed by atoms with Gasteiger partial charge in [-0.2, -0.15) is 0 Å². The summed E-state index contributed by atoms with van der Waals surface area (Å²) in [5.74, 6) is -0.553. The van der Waals surface area contributed by atoms with Crippen LogP contribution in [-0.4, -0.2) is 21.4 Å². The van der Waals surface area contributed by atoms with Crippen molar-refractivity contribution in [3.8, 4) is 0 Å². The zero-order valence-corrected chi connectivity index (χ0v) is 5.11. The second-order valence-electron chi connectivity index (χ2n) is 1.45. The van der Waals surface area contributed by atoms with Gasteiger partial charge in [0.15, 0.2) is 0 Å². The fraction of sp³-hybridized carbons (Fsp3) is 0. The van der Waals surface area contributed by atoms with Gasteiger partial charge in [0.1, 0.15) is 5.69 Å². The van der Waals surface area contributed by atoms with Crippen molar-refractivity contribution in [3.63, 3.8) is 0 Å². The molecule has 0 saturated carbocycles. The lowest BCUT2D eigenvalue weighted by Gasteiger charge is -1.87. The molecule has 0 aliphatic rings. The van der Waals surface area contributed by atoms with Gasteiger partial charge in [0, 0.05) is 12.4 Å². The zero-order chi connectivity index (χ0) is 6.69. The molecule has 1 aromatic heterocycles. The minimum absolute atomic E-state index is 0. The maximum Gasteiger partial charge on any atom is 0.268 e. The lowest BCUT2D eigenvalue weighted by atomic mass is 10.4. The van der Waals surface area contributed by atoms with Gasteiger partial charge in [0.25, 0.3) is 5.91 Å². The van der Waals surface area contributed by atoms with E-state index in [0.29, 0.717) is 0 Å².